The third kappa shape index (κ3) is 5.09. The van der Waals surface area contributed by atoms with Crippen LogP contribution in [0.5, 0.6) is 0 Å². The smallest absolute Gasteiger partial charge is 0.234 e. The Morgan fingerprint density at radius 2 is 2.00 bits per heavy atom. The van der Waals surface area contributed by atoms with Crippen LogP contribution in [0.1, 0.15) is 27.2 Å². The average molecular weight is 174 g/mol. The van der Waals surface area contributed by atoms with Gasteiger partial charge in [-0.2, -0.15) is 0 Å². The Morgan fingerprint density at radius 3 is 2.33 bits per heavy atom. The van der Waals surface area contributed by atoms with Crippen molar-refractivity contribution in [2.75, 3.05) is 0 Å². The second-order valence-corrected chi connectivity index (χ2v) is 3.28. The van der Waals surface area contributed by atoms with Crippen LogP contribution in [-0.2, 0) is 4.79 Å². The number of hydrogen-bond donors (Lipinski definition) is 3. The first-order chi connectivity index (χ1) is 5.43. The Hall–Kier alpha value is -0.610. The molecule has 4 nitrogen and oxygen atoms in total. The average Bonchev–Trinajstić information content (AvgIpc) is 1.84. The Labute approximate surface area is 73.1 Å². The van der Waals surface area contributed by atoms with Crippen LogP contribution in [0.15, 0.2) is 0 Å². The first kappa shape index (κ1) is 11.4. The van der Waals surface area contributed by atoms with Crippen molar-refractivity contribution in [2.24, 2.45) is 5.73 Å². The highest BCUT2D eigenvalue weighted by molar-refractivity contribution is 5.79. The molecule has 0 radical (unpaired) electrons. The van der Waals surface area contributed by atoms with Crippen molar-refractivity contribution in [3.8, 4) is 0 Å². The molecule has 0 bridgehead atoms. The third-order valence-corrected chi connectivity index (χ3v) is 1.66. The highest BCUT2D eigenvalue weighted by atomic mass is 16.3. The monoisotopic (exact) mass is 174 g/mol. The number of carbonyl (C=O) groups excluding carboxylic acids is 1. The Balaban J connectivity index is 3.68. The second-order valence-electron chi connectivity index (χ2n) is 3.28. The van der Waals surface area contributed by atoms with Gasteiger partial charge in [-0.15, -0.1) is 0 Å². The maximum Gasteiger partial charge on any atom is 0.234 e. The number of nitrogens with one attached hydrogen (secondary N) is 1. The molecule has 0 rings (SSSR count). The minimum atomic E-state index is -0.368. The molecule has 72 valence electrons. The van der Waals surface area contributed by atoms with Gasteiger partial charge in [-0.25, -0.2) is 0 Å². The third-order valence-electron chi connectivity index (χ3n) is 1.66. The summed E-state index contributed by atoms with van der Waals surface area (Å²) in [5.74, 6) is -0.368. The molecule has 0 saturated carbocycles. The molecule has 0 spiro atoms. The van der Waals surface area contributed by atoms with Crippen LogP contribution < -0.4 is 11.1 Å². The number of primary amides is 1. The number of hydrogen-bond acceptors (Lipinski definition) is 3. The van der Waals surface area contributed by atoms with Crippen LogP contribution in [0.4, 0.5) is 0 Å². The molecule has 4 N–H and O–H groups in total. The zero-order valence-corrected chi connectivity index (χ0v) is 7.87. The summed E-state index contributed by atoms with van der Waals surface area (Å²) in [6, 6.07) is -0.230. The standard InChI is InChI=1S/C8H18N2O2/c1-5(4-6(2)11)10-7(3)8(9)12/h5-7,10-11H,4H2,1-3H3,(H2,9,12). The largest absolute Gasteiger partial charge is 0.393 e. The van der Waals surface area contributed by atoms with E-state index < -0.39 is 0 Å². The van der Waals surface area contributed by atoms with E-state index in [0.717, 1.165) is 0 Å². The molecule has 4 heteroatoms. The summed E-state index contributed by atoms with van der Waals surface area (Å²) in [5.41, 5.74) is 5.05. The van der Waals surface area contributed by atoms with Gasteiger partial charge in [-0.05, 0) is 27.2 Å². The van der Waals surface area contributed by atoms with E-state index in [2.05, 4.69) is 5.32 Å². The van der Waals surface area contributed by atoms with Gasteiger partial charge in [0, 0.05) is 6.04 Å². The molecule has 0 aliphatic carbocycles. The van der Waals surface area contributed by atoms with Gasteiger partial charge in [-0.3, -0.25) is 4.79 Å². The molecular formula is C8H18N2O2. The van der Waals surface area contributed by atoms with Gasteiger partial charge in [0.05, 0.1) is 12.1 Å². The molecule has 0 aromatic carbocycles. The summed E-state index contributed by atoms with van der Waals surface area (Å²) in [4.78, 5) is 10.6. The Bertz CT molecular complexity index is 148. The van der Waals surface area contributed by atoms with Gasteiger partial charge >= 0.3 is 0 Å². The number of aliphatic hydroxyl groups excluding tert-OH is 1. The number of carbonyl (C=O) groups is 1. The predicted octanol–water partition coefficient (Wildman–Crippen LogP) is -0.391. The number of rotatable bonds is 5. The van der Waals surface area contributed by atoms with Crippen molar-refractivity contribution in [1.82, 2.24) is 5.32 Å². The summed E-state index contributed by atoms with van der Waals surface area (Å²) in [6.45, 7) is 5.33. The molecule has 0 aliphatic heterocycles. The Kier molecular flexibility index (Phi) is 4.85. The summed E-state index contributed by atoms with van der Waals surface area (Å²) < 4.78 is 0. The lowest BCUT2D eigenvalue weighted by molar-refractivity contribution is -0.119. The maximum atomic E-state index is 10.6. The maximum absolute atomic E-state index is 10.6. The molecule has 1 amide bonds. The highest BCUT2D eigenvalue weighted by Crippen LogP contribution is 1.97. The highest BCUT2D eigenvalue weighted by Gasteiger charge is 2.12. The van der Waals surface area contributed by atoms with Crippen LogP contribution in [-0.4, -0.2) is 29.2 Å². The topological polar surface area (TPSA) is 75.3 Å². The van der Waals surface area contributed by atoms with Crippen LogP contribution in [0.2, 0.25) is 0 Å². The quantitative estimate of drug-likeness (QED) is 0.531. The predicted molar refractivity (Wildman–Crippen MR) is 47.6 cm³/mol. The van der Waals surface area contributed by atoms with Gasteiger partial charge in [-0.1, -0.05) is 0 Å². The Morgan fingerprint density at radius 1 is 1.50 bits per heavy atom. The first-order valence-corrected chi connectivity index (χ1v) is 4.17. The molecule has 0 aromatic heterocycles. The van der Waals surface area contributed by atoms with Gasteiger partial charge in [0.2, 0.25) is 5.91 Å². The molecule has 3 unspecified atom stereocenters. The molecule has 0 aromatic rings. The van der Waals surface area contributed by atoms with Crippen LogP contribution in [0, 0.1) is 0 Å². The fourth-order valence-electron chi connectivity index (χ4n) is 1.09. The molecular weight excluding hydrogens is 156 g/mol. The fraction of sp³-hybridized carbons (Fsp3) is 0.875. The van der Waals surface area contributed by atoms with Crippen molar-refractivity contribution in [3.63, 3.8) is 0 Å². The lowest BCUT2D eigenvalue weighted by atomic mass is 10.1. The molecule has 0 fully saturated rings. The summed E-state index contributed by atoms with van der Waals surface area (Å²) >= 11 is 0. The minimum Gasteiger partial charge on any atom is -0.393 e. The first-order valence-electron chi connectivity index (χ1n) is 4.17. The zero-order valence-electron chi connectivity index (χ0n) is 7.87. The lowest BCUT2D eigenvalue weighted by Crippen LogP contribution is -2.44. The molecule has 0 heterocycles. The summed E-state index contributed by atoms with van der Waals surface area (Å²) in [6.07, 6.45) is 0.269. The van der Waals surface area contributed by atoms with Crippen LogP contribution >= 0.6 is 0 Å². The minimum absolute atomic E-state index is 0.104. The van der Waals surface area contributed by atoms with E-state index >= 15 is 0 Å². The van der Waals surface area contributed by atoms with Crippen molar-refractivity contribution in [3.05, 3.63) is 0 Å². The second kappa shape index (κ2) is 5.11. The van der Waals surface area contributed by atoms with E-state index in [-0.39, 0.29) is 24.1 Å². The number of aliphatic hydroxyl groups is 1. The van der Waals surface area contributed by atoms with Crippen LogP contribution in [0.3, 0.4) is 0 Å². The van der Waals surface area contributed by atoms with Gasteiger partial charge < -0.3 is 16.2 Å². The van der Waals surface area contributed by atoms with E-state index in [1.165, 1.54) is 0 Å². The molecule has 12 heavy (non-hydrogen) atoms. The number of nitrogens with two attached hydrogens (primary N) is 1. The van der Waals surface area contributed by atoms with Gasteiger partial charge in [0.1, 0.15) is 0 Å². The van der Waals surface area contributed by atoms with Crippen molar-refractivity contribution < 1.29 is 9.90 Å². The van der Waals surface area contributed by atoms with E-state index in [1.54, 1.807) is 13.8 Å². The van der Waals surface area contributed by atoms with E-state index in [1.807, 2.05) is 6.92 Å². The zero-order chi connectivity index (χ0) is 9.72. The van der Waals surface area contributed by atoms with Gasteiger partial charge in [0.25, 0.3) is 0 Å². The fourth-order valence-corrected chi connectivity index (χ4v) is 1.09. The normalized spacial score (nSPS) is 18.3. The van der Waals surface area contributed by atoms with Crippen molar-refractivity contribution >= 4 is 5.91 Å². The summed E-state index contributed by atoms with van der Waals surface area (Å²) in [5, 5.41) is 12.0. The van der Waals surface area contributed by atoms with Crippen molar-refractivity contribution in [2.45, 2.75) is 45.4 Å². The SMILES string of the molecule is CC(O)CC(C)NC(C)C(N)=O. The van der Waals surface area contributed by atoms with E-state index in [0.29, 0.717) is 6.42 Å². The molecule has 0 saturated heterocycles. The van der Waals surface area contributed by atoms with E-state index in [9.17, 15) is 4.79 Å². The van der Waals surface area contributed by atoms with Crippen molar-refractivity contribution in [1.29, 1.82) is 0 Å². The molecule has 3 atom stereocenters. The van der Waals surface area contributed by atoms with Crippen LogP contribution in [0.25, 0.3) is 0 Å². The van der Waals surface area contributed by atoms with Gasteiger partial charge in [0.15, 0.2) is 0 Å². The number of amides is 1. The van der Waals surface area contributed by atoms with E-state index in [4.69, 9.17) is 10.8 Å². The summed E-state index contributed by atoms with van der Waals surface area (Å²) in [7, 11) is 0. The lowest BCUT2D eigenvalue weighted by Gasteiger charge is -2.18. The molecule has 0 aliphatic rings.